The molecule has 1 saturated carbocycles. The molecule has 1 fully saturated rings. The Labute approximate surface area is 194 Å². The Morgan fingerprint density at radius 1 is 1.06 bits per heavy atom. The summed E-state index contributed by atoms with van der Waals surface area (Å²) in [5.41, 5.74) is 1.67. The first-order valence-corrected chi connectivity index (χ1v) is 11.1. The van der Waals surface area contributed by atoms with E-state index < -0.39 is 0 Å². The number of amides is 2. The summed E-state index contributed by atoms with van der Waals surface area (Å²) in [6, 6.07) is 10.6. The molecule has 1 aliphatic carbocycles. The van der Waals surface area contributed by atoms with Crippen LogP contribution in [0.4, 0.5) is 11.4 Å². The normalized spacial score (nSPS) is 13.9. The summed E-state index contributed by atoms with van der Waals surface area (Å²) in [5.74, 6) is 0.821. The van der Waals surface area contributed by atoms with Crippen molar-refractivity contribution in [2.45, 2.75) is 38.1 Å². The first-order valence-electron chi connectivity index (χ1n) is 10.8. The van der Waals surface area contributed by atoms with E-state index in [0.717, 1.165) is 25.7 Å². The van der Waals surface area contributed by atoms with E-state index in [1.165, 1.54) is 13.5 Å². The molecule has 1 aliphatic rings. The van der Waals surface area contributed by atoms with Crippen molar-refractivity contribution in [2.24, 2.45) is 0 Å². The smallest absolute Gasteiger partial charge is 0.255 e. The molecule has 7 nitrogen and oxygen atoms in total. The lowest BCUT2D eigenvalue weighted by Crippen LogP contribution is -2.38. The number of carbonyl (C=O) groups is 2. The molecule has 2 aromatic carbocycles. The number of rotatable bonds is 8. The maximum absolute atomic E-state index is 12.9. The van der Waals surface area contributed by atoms with Crippen LogP contribution in [0.25, 0.3) is 0 Å². The predicted molar refractivity (Wildman–Crippen MR) is 127 cm³/mol. The van der Waals surface area contributed by atoms with Gasteiger partial charge in [-0.15, -0.1) is 0 Å². The van der Waals surface area contributed by atoms with Gasteiger partial charge in [0.05, 0.1) is 37.0 Å². The molecule has 0 saturated heterocycles. The average Bonchev–Trinajstić information content (AvgIpc) is 2.82. The first-order chi connectivity index (χ1) is 15.4. The number of anilines is 2. The number of hydrogen-bond acceptors (Lipinski definition) is 5. The number of ether oxygens (including phenoxy) is 2. The third-order valence-corrected chi connectivity index (χ3v) is 6.09. The summed E-state index contributed by atoms with van der Waals surface area (Å²) < 4.78 is 10.5. The van der Waals surface area contributed by atoms with E-state index in [9.17, 15) is 9.59 Å². The van der Waals surface area contributed by atoms with Crippen molar-refractivity contribution in [3.05, 3.63) is 47.0 Å². The van der Waals surface area contributed by atoms with Crippen LogP contribution in [0.15, 0.2) is 36.4 Å². The van der Waals surface area contributed by atoms with Crippen molar-refractivity contribution in [3.63, 3.8) is 0 Å². The van der Waals surface area contributed by atoms with Crippen LogP contribution in [0.1, 0.15) is 42.5 Å². The maximum Gasteiger partial charge on any atom is 0.255 e. The van der Waals surface area contributed by atoms with Gasteiger partial charge in [0.1, 0.15) is 11.5 Å². The fourth-order valence-corrected chi connectivity index (χ4v) is 4.16. The quantitative estimate of drug-likeness (QED) is 0.592. The minimum Gasteiger partial charge on any atom is -0.497 e. The first kappa shape index (κ1) is 23.7. The zero-order valence-electron chi connectivity index (χ0n) is 18.7. The molecule has 0 heterocycles. The Balaban J connectivity index is 1.58. The third kappa shape index (κ3) is 5.85. The van der Waals surface area contributed by atoms with E-state index in [-0.39, 0.29) is 24.4 Å². The molecule has 0 aromatic heterocycles. The zero-order valence-corrected chi connectivity index (χ0v) is 19.5. The second kappa shape index (κ2) is 11.1. The number of nitrogens with one attached hydrogen (secondary N) is 2. The van der Waals surface area contributed by atoms with E-state index in [1.807, 2.05) is 11.9 Å². The second-order valence-corrected chi connectivity index (χ2v) is 8.28. The van der Waals surface area contributed by atoms with Crippen LogP contribution in [0, 0.1) is 0 Å². The molecule has 0 bridgehead atoms. The van der Waals surface area contributed by atoms with Gasteiger partial charge in [-0.25, -0.2) is 0 Å². The maximum atomic E-state index is 12.9. The fraction of sp³-hybridized carbons (Fsp3) is 0.417. The average molecular weight is 460 g/mol. The Hall–Kier alpha value is -2.93. The van der Waals surface area contributed by atoms with E-state index in [1.54, 1.807) is 43.5 Å². The topological polar surface area (TPSA) is 79.9 Å². The second-order valence-electron chi connectivity index (χ2n) is 7.87. The monoisotopic (exact) mass is 459 g/mol. The van der Waals surface area contributed by atoms with E-state index in [4.69, 9.17) is 21.1 Å². The van der Waals surface area contributed by atoms with E-state index in [2.05, 4.69) is 10.6 Å². The number of methoxy groups -OCH3 is 2. The highest BCUT2D eigenvalue weighted by atomic mass is 35.5. The van der Waals surface area contributed by atoms with E-state index in [0.29, 0.717) is 33.5 Å². The fourth-order valence-electron chi connectivity index (χ4n) is 3.90. The summed E-state index contributed by atoms with van der Waals surface area (Å²) in [6.07, 6.45) is 5.62. The highest BCUT2D eigenvalue weighted by Crippen LogP contribution is 2.29. The molecule has 2 amide bonds. The Morgan fingerprint density at radius 2 is 1.81 bits per heavy atom. The summed E-state index contributed by atoms with van der Waals surface area (Å²) >= 11 is 6.40. The highest BCUT2D eigenvalue weighted by Gasteiger charge is 2.24. The number of benzene rings is 2. The Bertz CT molecular complexity index is 960. The number of nitrogens with zero attached hydrogens (tertiary/aromatic N) is 1. The summed E-state index contributed by atoms with van der Waals surface area (Å²) in [7, 11) is 4.94. The Kier molecular flexibility index (Phi) is 8.22. The molecule has 0 atom stereocenters. The predicted octanol–water partition coefficient (Wildman–Crippen LogP) is 4.81. The molecule has 0 unspecified atom stereocenters. The van der Waals surface area contributed by atoms with Gasteiger partial charge < -0.3 is 25.0 Å². The van der Waals surface area contributed by atoms with Crippen LogP contribution in [0.2, 0.25) is 5.02 Å². The minimum atomic E-state index is -0.248. The lowest BCUT2D eigenvalue weighted by Gasteiger charge is -2.31. The largest absolute Gasteiger partial charge is 0.497 e. The van der Waals surface area contributed by atoms with Crippen molar-refractivity contribution < 1.29 is 19.1 Å². The molecule has 32 heavy (non-hydrogen) atoms. The van der Waals surface area contributed by atoms with Crippen molar-refractivity contribution in [2.75, 3.05) is 38.4 Å². The van der Waals surface area contributed by atoms with Crippen LogP contribution < -0.4 is 20.1 Å². The van der Waals surface area contributed by atoms with Crippen LogP contribution in [0.5, 0.6) is 11.5 Å². The molecule has 172 valence electrons. The number of carbonyl (C=O) groups excluding carboxylic acids is 2. The van der Waals surface area contributed by atoms with E-state index >= 15 is 0 Å². The molecule has 8 heteroatoms. The third-order valence-electron chi connectivity index (χ3n) is 5.78. The lowest BCUT2D eigenvalue weighted by molar-refractivity contribution is -0.114. The lowest BCUT2D eigenvalue weighted by atomic mass is 9.94. The van der Waals surface area contributed by atoms with Gasteiger partial charge in [0.25, 0.3) is 5.91 Å². The number of hydrogen-bond donors (Lipinski definition) is 2. The van der Waals surface area contributed by atoms with Crippen LogP contribution >= 0.6 is 11.6 Å². The highest BCUT2D eigenvalue weighted by molar-refractivity contribution is 6.34. The summed E-state index contributed by atoms with van der Waals surface area (Å²) in [5, 5.41) is 6.20. The summed E-state index contributed by atoms with van der Waals surface area (Å²) in [4.78, 5) is 27.1. The molecular formula is C24H30ClN3O4. The van der Waals surface area contributed by atoms with Crippen molar-refractivity contribution in [1.29, 1.82) is 0 Å². The SMILES string of the molecule is COc1ccc(NC(=O)CNc2ccc(C(=O)N(C)C3CCCCC3)c(Cl)c2)c(OC)c1. The standard InChI is InChI=1S/C24H30ClN3O4/c1-28(17-7-5-4-6-8-17)24(30)19-11-9-16(13-20(19)25)26-15-23(29)27-21-12-10-18(31-2)14-22(21)32-3/h9-14,17,26H,4-8,15H2,1-3H3,(H,27,29). The molecule has 0 aliphatic heterocycles. The van der Waals surface area contributed by atoms with Crippen molar-refractivity contribution in [1.82, 2.24) is 4.90 Å². The van der Waals surface area contributed by atoms with Crippen molar-refractivity contribution in [3.8, 4) is 11.5 Å². The summed E-state index contributed by atoms with van der Waals surface area (Å²) in [6.45, 7) is 0.0286. The van der Waals surface area contributed by atoms with Crippen molar-refractivity contribution >= 4 is 34.8 Å². The van der Waals surface area contributed by atoms with Gasteiger partial charge in [0.15, 0.2) is 0 Å². The van der Waals surface area contributed by atoms with Gasteiger partial charge in [-0.1, -0.05) is 30.9 Å². The van der Waals surface area contributed by atoms with Crippen LogP contribution in [0.3, 0.4) is 0 Å². The molecule has 3 rings (SSSR count). The minimum absolute atomic E-state index is 0.0286. The molecular weight excluding hydrogens is 430 g/mol. The zero-order chi connectivity index (χ0) is 23.1. The van der Waals surface area contributed by atoms with Gasteiger partial charge >= 0.3 is 0 Å². The van der Waals surface area contributed by atoms with Gasteiger partial charge in [-0.2, -0.15) is 0 Å². The van der Waals surface area contributed by atoms with Gasteiger partial charge in [-0.05, 0) is 43.2 Å². The molecule has 0 radical (unpaired) electrons. The molecule has 0 spiro atoms. The Morgan fingerprint density at radius 3 is 2.47 bits per heavy atom. The molecule has 2 aromatic rings. The van der Waals surface area contributed by atoms with Crippen LogP contribution in [-0.4, -0.2) is 50.6 Å². The number of halogens is 1. The van der Waals surface area contributed by atoms with Gasteiger partial charge in [-0.3, -0.25) is 9.59 Å². The van der Waals surface area contributed by atoms with Crippen LogP contribution in [-0.2, 0) is 4.79 Å². The molecule has 2 N–H and O–H groups in total. The van der Waals surface area contributed by atoms with Gasteiger partial charge in [0.2, 0.25) is 5.91 Å². The van der Waals surface area contributed by atoms with Gasteiger partial charge in [0, 0.05) is 24.8 Å².